The van der Waals surface area contributed by atoms with Gasteiger partial charge < -0.3 is 9.88 Å². The van der Waals surface area contributed by atoms with Crippen molar-refractivity contribution >= 4 is 35.0 Å². The van der Waals surface area contributed by atoms with Gasteiger partial charge in [-0.2, -0.15) is 0 Å². The number of hydrogen-bond donors (Lipinski definition) is 1. The van der Waals surface area contributed by atoms with Crippen molar-refractivity contribution < 1.29 is 9.18 Å². The summed E-state index contributed by atoms with van der Waals surface area (Å²) in [5.74, 6) is 0.202. The van der Waals surface area contributed by atoms with E-state index in [4.69, 9.17) is 11.6 Å². The lowest BCUT2D eigenvalue weighted by atomic mass is 10.2. The number of carbonyl (C=O) groups is 1. The fourth-order valence-corrected chi connectivity index (χ4v) is 3.22. The van der Waals surface area contributed by atoms with Gasteiger partial charge in [0, 0.05) is 23.3 Å². The smallest absolute Gasteiger partial charge is 0.234 e. The number of carbonyl (C=O) groups excluding carboxylic acids is 1. The SMILES string of the molecule is Cc1ccc(NC(=O)CSc2nnc(-c3cccc(Cl)c3)n2C)cc1F. The molecule has 0 aliphatic rings. The number of nitrogens with zero attached hydrogens (tertiary/aromatic N) is 3. The number of anilines is 1. The maximum Gasteiger partial charge on any atom is 0.234 e. The normalized spacial score (nSPS) is 10.8. The molecule has 1 N–H and O–H groups in total. The highest BCUT2D eigenvalue weighted by Gasteiger charge is 2.13. The van der Waals surface area contributed by atoms with E-state index in [1.165, 1.54) is 17.8 Å². The maximum absolute atomic E-state index is 13.5. The Hall–Kier alpha value is -2.38. The molecule has 0 radical (unpaired) electrons. The molecule has 0 spiro atoms. The third-order valence-corrected chi connectivity index (χ3v) is 4.96. The van der Waals surface area contributed by atoms with Gasteiger partial charge in [-0.1, -0.05) is 41.6 Å². The quantitative estimate of drug-likeness (QED) is 0.659. The first-order valence-electron chi connectivity index (χ1n) is 7.78. The summed E-state index contributed by atoms with van der Waals surface area (Å²) >= 11 is 7.26. The standard InChI is InChI=1S/C18H16ClFN4OS/c1-11-6-7-14(9-15(11)20)21-16(25)10-26-18-23-22-17(24(18)2)12-4-3-5-13(19)8-12/h3-9H,10H2,1-2H3,(H,21,25). The molecule has 26 heavy (non-hydrogen) atoms. The average Bonchev–Trinajstić information content (AvgIpc) is 2.97. The largest absolute Gasteiger partial charge is 0.325 e. The molecule has 0 saturated heterocycles. The van der Waals surface area contributed by atoms with E-state index in [1.54, 1.807) is 35.8 Å². The molecule has 3 rings (SSSR count). The number of benzene rings is 2. The first-order valence-corrected chi connectivity index (χ1v) is 9.14. The number of nitrogens with one attached hydrogen (secondary N) is 1. The second-order valence-electron chi connectivity index (χ2n) is 5.68. The molecule has 0 aliphatic carbocycles. The van der Waals surface area contributed by atoms with Crippen LogP contribution in [0.3, 0.4) is 0 Å². The Morgan fingerprint density at radius 3 is 2.81 bits per heavy atom. The van der Waals surface area contributed by atoms with Gasteiger partial charge in [-0.05, 0) is 36.8 Å². The van der Waals surface area contributed by atoms with Crippen molar-refractivity contribution in [2.24, 2.45) is 7.05 Å². The van der Waals surface area contributed by atoms with Crippen LogP contribution >= 0.6 is 23.4 Å². The van der Waals surface area contributed by atoms with Gasteiger partial charge in [0.1, 0.15) is 5.82 Å². The van der Waals surface area contributed by atoms with E-state index in [1.807, 2.05) is 19.2 Å². The van der Waals surface area contributed by atoms with Crippen molar-refractivity contribution in [2.45, 2.75) is 12.1 Å². The van der Waals surface area contributed by atoms with E-state index < -0.39 is 0 Å². The fraction of sp³-hybridized carbons (Fsp3) is 0.167. The Morgan fingerprint density at radius 2 is 2.08 bits per heavy atom. The zero-order chi connectivity index (χ0) is 18.7. The van der Waals surface area contributed by atoms with Gasteiger partial charge in [-0.15, -0.1) is 10.2 Å². The predicted molar refractivity (Wildman–Crippen MR) is 102 cm³/mol. The van der Waals surface area contributed by atoms with Crippen LogP contribution in [0.1, 0.15) is 5.56 Å². The second-order valence-corrected chi connectivity index (χ2v) is 7.06. The Balaban J connectivity index is 1.64. The lowest BCUT2D eigenvalue weighted by molar-refractivity contribution is -0.113. The van der Waals surface area contributed by atoms with Crippen LogP contribution in [0.25, 0.3) is 11.4 Å². The summed E-state index contributed by atoms with van der Waals surface area (Å²) in [7, 11) is 1.83. The van der Waals surface area contributed by atoms with Gasteiger partial charge in [0.2, 0.25) is 5.91 Å². The summed E-state index contributed by atoms with van der Waals surface area (Å²) in [4.78, 5) is 12.1. The minimum atomic E-state index is -0.352. The van der Waals surface area contributed by atoms with Crippen LogP contribution in [0.15, 0.2) is 47.6 Å². The molecule has 1 aromatic heterocycles. The molecular formula is C18H16ClFN4OS. The van der Waals surface area contributed by atoms with Crippen molar-refractivity contribution in [3.8, 4) is 11.4 Å². The van der Waals surface area contributed by atoms with Crippen LogP contribution in [0.5, 0.6) is 0 Å². The van der Waals surface area contributed by atoms with E-state index >= 15 is 0 Å². The van der Waals surface area contributed by atoms with Crippen LogP contribution in [0.4, 0.5) is 10.1 Å². The molecule has 0 bridgehead atoms. The van der Waals surface area contributed by atoms with Gasteiger partial charge in [-0.3, -0.25) is 4.79 Å². The number of halogens is 2. The number of amides is 1. The number of rotatable bonds is 5. The minimum absolute atomic E-state index is 0.136. The molecule has 2 aromatic carbocycles. The van der Waals surface area contributed by atoms with Gasteiger partial charge in [-0.25, -0.2) is 4.39 Å². The first kappa shape index (κ1) is 18.4. The third-order valence-electron chi connectivity index (χ3n) is 3.71. The molecule has 0 atom stereocenters. The van der Waals surface area contributed by atoms with E-state index in [0.717, 1.165) is 5.56 Å². The zero-order valence-electron chi connectivity index (χ0n) is 14.2. The highest BCUT2D eigenvalue weighted by molar-refractivity contribution is 7.99. The van der Waals surface area contributed by atoms with Crippen molar-refractivity contribution in [2.75, 3.05) is 11.1 Å². The van der Waals surface area contributed by atoms with Crippen molar-refractivity contribution in [1.82, 2.24) is 14.8 Å². The molecule has 0 fully saturated rings. The van der Waals surface area contributed by atoms with Crippen molar-refractivity contribution in [3.05, 3.63) is 58.9 Å². The number of aromatic nitrogens is 3. The summed E-state index contributed by atoms with van der Waals surface area (Å²) in [5, 5.41) is 12.2. The monoisotopic (exact) mass is 390 g/mol. The lowest BCUT2D eigenvalue weighted by Gasteiger charge is -2.07. The average molecular weight is 391 g/mol. The molecular weight excluding hydrogens is 375 g/mol. The van der Waals surface area contributed by atoms with Crippen LogP contribution in [0.2, 0.25) is 5.02 Å². The van der Waals surface area contributed by atoms with Crippen LogP contribution in [-0.4, -0.2) is 26.4 Å². The van der Waals surface area contributed by atoms with Gasteiger partial charge >= 0.3 is 0 Å². The number of aryl methyl sites for hydroxylation is 1. The molecule has 5 nitrogen and oxygen atoms in total. The van der Waals surface area contributed by atoms with Crippen molar-refractivity contribution in [3.63, 3.8) is 0 Å². The van der Waals surface area contributed by atoms with Gasteiger partial charge in [0.05, 0.1) is 5.75 Å². The lowest BCUT2D eigenvalue weighted by Crippen LogP contribution is -2.14. The van der Waals surface area contributed by atoms with Gasteiger partial charge in [0.25, 0.3) is 0 Å². The molecule has 0 aliphatic heterocycles. The number of thioether (sulfide) groups is 1. The van der Waals surface area contributed by atoms with E-state index in [2.05, 4.69) is 15.5 Å². The van der Waals surface area contributed by atoms with E-state index in [-0.39, 0.29) is 17.5 Å². The van der Waals surface area contributed by atoms with Crippen molar-refractivity contribution in [1.29, 1.82) is 0 Å². The zero-order valence-corrected chi connectivity index (χ0v) is 15.7. The van der Waals surface area contributed by atoms with Crippen LogP contribution in [-0.2, 0) is 11.8 Å². The summed E-state index contributed by atoms with van der Waals surface area (Å²) in [6.45, 7) is 1.67. The Morgan fingerprint density at radius 1 is 1.27 bits per heavy atom. The fourth-order valence-electron chi connectivity index (χ4n) is 2.32. The maximum atomic E-state index is 13.5. The Labute approximate surface area is 159 Å². The predicted octanol–water partition coefficient (Wildman–Crippen LogP) is 4.31. The highest BCUT2D eigenvalue weighted by atomic mass is 35.5. The summed E-state index contributed by atoms with van der Waals surface area (Å²) in [5.41, 5.74) is 1.81. The Bertz CT molecular complexity index is 960. The molecule has 0 unspecified atom stereocenters. The molecule has 0 saturated carbocycles. The van der Waals surface area contributed by atoms with E-state index in [0.29, 0.717) is 27.3 Å². The highest BCUT2D eigenvalue weighted by Crippen LogP contribution is 2.24. The number of hydrogen-bond acceptors (Lipinski definition) is 4. The molecule has 3 aromatic rings. The molecule has 8 heteroatoms. The second kappa shape index (κ2) is 7.88. The topological polar surface area (TPSA) is 59.8 Å². The minimum Gasteiger partial charge on any atom is -0.325 e. The summed E-state index contributed by atoms with van der Waals surface area (Å²) in [6, 6.07) is 11.9. The summed E-state index contributed by atoms with van der Waals surface area (Å²) < 4.78 is 15.3. The van der Waals surface area contributed by atoms with Crippen LogP contribution in [0, 0.1) is 12.7 Å². The van der Waals surface area contributed by atoms with Gasteiger partial charge in [0.15, 0.2) is 11.0 Å². The summed E-state index contributed by atoms with van der Waals surface area (Å²) in [6.07, 6.45) is 0. The Kier molecular flexibility index (Phi) is 5.58. The molecule has 1 heterocycles. The third kappa shape index (κ3) is 4.23. The molecule has 1 amide bonds. The van der Waals surface area contributed by atoms with Crippen LogP contribution < -0.4 is 5.32 Å². The van der Waals surface area contributed by atoms with E-state index in [9.17, 15) is 9.18 Å². The first-order chi connectivity index (χ1) is 12.4. The molecule has 134 valence electrons.